The van der Waals surface area contributed by atoms with Gasteiger partial charge in [-0.3, -0.25) is 0 Å². The van der Waals surface area contributed by atoms with Crippen LogP contribution in [0.1, 0.15) is 10.5 Å². The van der Waals surface area contributed by atoms with Crippen LogP contribution in [0.15, 0.2) is 36.5 Å². The lowest BCUT2D eigenvalue weighted by Crippen LogP contribution is -2.05. The van der Waals surface area contributed by atoms with Crippen molar-refractivity contribution in [2.75, 3.05) is 0 Å². The molecule has 0 atom stereocenters. The third-order valence-corrected chi connectivity index (χ3v) is 3.58. The molecule has 0 aliphatic rings. The molecule has 4 nitrogen and oxygen atoms in total. The van der Waals surface area contributed by atoms with Crippen molar-refractivity contribution in [3.8, 4) is 11.3 Å². The summed E-state index contributed by atoms with van der Waals surface area (Å²) in [5.41, 5.74) is 2.32. The van der Waals surface area contributed by atoms with E-state index in [2.05, 4.69) is 0 Å². The van der Waals surface area contributed by atoms with Gasteiger partial charge in [0.2, 0.25) is 0 Å². The van der Waals surface area contributed by atoms with Crippen LogP contribution in [0.5, 0.6) is 0 Å². The van der Waals surface area contributed by atoms with E-state index in [1.165, 1.54) is 12.1 Å². The average molecular weight is 272 g/mol. The molecule has 0 aliphatic carbocycles. The Morgan fingerprint density at radius 1 is 1.20 bits per heavy atom. The van der Waals surface area contributed by atoms with Crippen LogP contribution in [0, 0.1) is 5.82 Å². The Hall–Kier alpha value is -2.56. The van der Waals surface area contributed by atoms with Gasteiger partial charge in [-0.15, -0.1) is 0 Å². The zero-order valence-electron chi connectivity index (χ0n) is 11.1. The molecule has 3 aromatic rings. The molecule has 1 N–H and O–H groups in total. The fraction of sp³-hybridized carbons (Fsp3) is 0.133. The lowest BCUT2D eigenvalue weighted by Gasteiger charge is -2.04. The molecular weight excluding hydrogens is 259 g/mol. The predicted octanol–water partition coefficient (Wildman–Crippen LogP) is 3.02. The van der Waals surface area contributed by atoms with Crippen LogP contribution in [0.3, 0.4) is 0 Å². The summed E-state index contributed by atoms with van der Waals surface area (Å²) in [4.78, 5) is 11.1. The number of aromatic carboxylic acids is 1. The molecule has 0 unspecified atom stereocenters. The van der Waals surface area contributed by atoms with Crippen LogP contribution in [0.4, 0.5) is 4.39 Å². The maximum Gasteiger partial charge on any atom is 0.352 e. The van der Waals surface area contributed by atoms with E-state index in [1.807, 2.05) is 23.9 Å². The number of carbonyl (C=O) groups is 1. The number of carboxylic acids is 1. The molecule has 0 aliphatic heterocycles. The highest BCUT2D eigenvalue weighted by Gasteiger charge is 2.17. The van der Waals surface area contributed by atoms with Crippen molar-refractivity contribution in [3.63, 3.8) is 0 Å². The first kappa shape index (κ1) is 12.5. The quantitative estimate of drug-likeness (QED) is 0.779. The van der Waals surface area contributed by atoms with Gasteiger partial charge in [-0.25, -0.2) is 9.18 Å². The summed E-state index contributed by atoms with van der Waals surface area (Å²) >= 11 is 0. The fourth-order valence-corrected chi connectivity index (χ4v) is 2.59. The molecule has 0 bridgehead atoms. The molecule has 102 valence electrons. The van der Waals surface area contributed by atoms with E-state index in [0.29, 0.717) is 16.6 Å². The number of carboxylic acid groups (broad SMARTS) is 1. The van der Waals surface area contributed by atoms with E-state index in [-0.39, 0.29) is 11.5 Å². The van der Waals surface area contributed by atoms with Crippen molar-refractivity contribution in [2.24, 2.45) is 14.1 Å². The Bertz CT molecular complexity index is 830. The highest BCUT2D eigenvalue weighted by Crippen LogP contribution is 2.32. The van der Waals surface area contributed by atoms with Crippen molar-refractivity contribution >= 4 is 16.9 Å². The Morgan fingerprint density at radius 3 is 2.60 bits per heavy atom. The maximum absolute atomic E-state index is 14.1. The molecule has 2 aromatic heterocycles. The number of hydrogen-bond acceptors (Lipinski definition) is 1. The Morgan fingerprint density at radius 2 is 1.95 bits per heavy atom. The summed E-state index contributed by atoms with van der Waals surface area (Å²) in [6.07, 6.45) is 1.81. The molecule has 0 saturated heterocycles. The normalized spacial score (nSPS) is 11.2. The third kappa shape index (κ3) is 1.63. The predicted molar refractivity (Wildman–Crippen MR) is 74.2 cm³/mol. The summed E-state index contributed by atoms with van der Waals surface area (Å²) in [5, 5.41) is 9.61. The van der Waals surface area contributed by atoms with Crippen molar-refractivity contribution in [1.29, 1.82) is 0 Å². The van der Waals surface area contributed by atoms with Gasteiger partial charge in [-0.2, -0.15) is 0 Å². The van der Waals surface area contributed by atoms with Crippen LogP contribution in [0.2, 0.25) is 0 Å². The van der Waals surface area contributed by atoms with E-state index >= 15 is 0 Å². The van der Waals surface area contributed by atoms with E-state index in [0.717, 1.165) is 5.52 Å². The number of benzene rings is 1. The summed E-state index contributed by atoms with van der Waals surface area (Å²) in [6.45, 7) is 0. The Balaban J connectivity index is 2.33. The van der Waals surface area contributed by atoms with Gasteiger partial charge in [-0.05, 0) is 24.3 Å². The second-order valence-corrected chi connectivity index (χ2v) is 4.76. The van der Waals surface area contributed by atoms with Crippen molar-refractivity contribution < 1.29 is 14.3 Å². The molecular formula is C15H13FN2O2. The minimum atomic E-state index is -1.00. The summed E-state index contributed by atoms with van der Waals surface area (Å²) in [6, 6.07) is 8.13. The van der Waals surface area contributed by atoms with Crippen LogP contribution < -0.4 is 0 Å². The van der Waals surface area contributed by atoms with E-state index in [1.54, 1.807) is 23.7 Å². The van der Waals surface area contributed by atoms with E-state index in [9.17, 15) is 9.18 Å². The zero-order chi connectivity index (χ0) is 14.4. The Labute approximate surface area is 114 Å². The number of fused-ring (bicyclic) bond motifs is 1. The number of aromatic nitrogens is 2. The zero-order valence-corrected chi connectivity index (χ0v) is 11.1. The SMILES string of the molecule is Cn1c(C(=O)O)ccc1-c1cn(C)c2cccc(F)c12. The van der Waals surface area contributed by atoms with Crippen molar-refractivity contribution in [3.05, 3.63) is 48.0 Å². The van der Waals surface area contributed by atoms with E-state index < -0.39 is 5.97 Å². The van der Waals surface area contributed by atoms with Gasteiger partial charge in [-0.1, -0.05) is 6.07 Å². The molecule has 20 heavy (non-hydrogen) atoms. The summed E-state index contributed by atoms with van der Waals surface area (Å²) in [7, 11) is 3.50. The minimum absolute atomic E-state index is 0.174. The molecule has 0 fully saturated rings. The average Bonchev–Trinajstić information content (AvgIpc) is 2.92. The van der Waals surface area contributed by atoms with Gasteiger partial charge >= 0.3 is 5.97 Å². The van der Waals surface area contributed by atoms with Crippen LogP contribution >= 0.6 is 0 Å². The summed E-state index contributed by atoms with van der Waals surface area (Å²) in [5.74, 6) is -1.31. The lowest BCUT2D eigenvalue weighted by atomic mass is 10.1. The number of aryl methyl sites for hydroxylation is 1. The summed E-state index contributed by atoms with van der Waals surface area (Å²) < 4.78 is 17.5. The monoisotopic (exact) mass is 272 g/mol. The fourth-order valence-electron chi connectivity index (χ4n) is 2.59. The van der Waals surface area contributed by atoms with Gasteiger partial charge in [0.15, 0.2) is 0 Å². The highest BCUT2D eigenvalue weighted by atomic mass is 19.1. The molecule has 5 heteroatoms. The second kappa shape index (κ2) is 4.23. The lowest BCUT2D eigenvalue weighted by molar-refractivity contribution is 0.0687. The van der Waals surface area contributed by atoms with Gasteiger partial charge in [0, 0.05) is 31.2 Å². The van der Waals surface area contributed by atoms with Gasteiger partial charge in [0.05, 0.1) is 11.2 Å². The molecule has 1 aromatic carbocycles. The largest absolute Gasteiger partial charge is 0.477 e. The van der Waals surface area contributed by atoms with Crippen LogP contribution in [0.25, 0.3) is 22.2 Å². The van der Waals surface area contributed by atoms with Crippen LogP contribution in [-0.2, 0) is 14.1 Å². The molecule has 0 spiro atoms. The second-order valence-electron chi connectivity index (χ2n) is 4.76. The van der Waals surface area contributed by atoms with Gasteiger partial charge in [0.1, 0.15) is 11.5 Å². The highest BCUT2D eigenvalue weighted by molar-refractivity contribution is 5.97. The first-order valence-electron chi connectivity index (χ1n) is 6.13. The molecule has 3 rings (SSSR count). The number of halogens is 1. The number of rotatable bonds is 2. The Kier molecular flexibility index (Phi) is 2.64. The van der Waals surface area contributed by atoms with Gasteiger partial charge in [0.25, 0.3) is 0 Å². The number of nitrogens with zero attached hydrogens (tertiary/aromatic N) is 2. The standard InChI is InChI=1S/C15H13FN2O2/c1-17-8-9(14-10(16)4-3-5-12(14)17)11-6-7-13(15(19)20)18(11)2/h3-8H,1-2H3,(H,19,20). The maximum atomic E-state index is 14.1. The molecule has 2 heterocycles. The minimum Gasteiger partial charge on any atom is -0.477 e. The van der Waals surface area contributed by atoms with Crippen molar-refractivity contribution in [2.45, 2.75) is 0 Å². The van der Waals surface area contributed by atoms with E-state index in [4.69, 9.17) is 5.11 Å². The first-order valence-corrected chi connectivity index (χ1v) is 6.13. The molecule has 0 radical (unpaired) electrons. The van der Waals surface area contributed by atoms with Gasteiger partial charge < -0.3 is 14.2 Å². The third-order valence-electron chi connectivity index (χ3n) is 3.58. The number of hydrogen-bond donors (Lipinski definition) is 1. The topological polar surface area (TPSA) is 47.2 Å². The van der Waals surface area contributed by atoms with Crippen molar-refractivity contribution in [1.82, 2.24) is 9.13 Å². The first-order chi connectivity index (χ1) is 9.50. The van der Waals surface area contributed by atoms with Crippen LogP contribution in [-0.4, -0.2) is 20.2 Å². The molecule has 0 amide bonds. The molecule has 0 saturated carbocycles. The smallest absolute Gasteiger partial charge is 0.352 e.